The molecule has 1 heterocycles. The zero-order valence-electron chi connectivity index (χ0n) is 8.43. The van der Waals surface area contributed by atoms with Crippen LogP contribution in [0.2, 0.25) is 0 Å². The van der Waals surface area contributed by atoms with Gasteiger partial charge in [-0.25, -0.2) is 0 Å². The van der Waals surface area contributed by atoms with E-state index in [9.17, 15) is 0 Å². The van der Waals surface area contributed by atoms with Crippen molar-refractivity contribution in [2.45, 2.75) is 19.8 Å². The Bertz CT molecular complexity index is 494. The normalized spacial score (nSPS) is 10.9. The second-order valence-corrected chi connectivity index (χ2v) is 5.28. The number of rotatable bonds is 2. The van der Waals surface area contributed by atoms with Crippen molar-refractivity contribution >= 4 is 42.8 Å². The summed E-state index contributed by atoms with van der Waals surface area (Å²) in [5.74, 6) is 0. The van der Waals surface area contributed by atoms with E-state index in [4.69, 9.17) is 0 Å². The van der Waals surface area contributed by atoms with Gasteiger partial charge in [0.1, 0.15) is 0 Å². The standard InChI is InChI=1S/C12H11Br2N/c1-2-3-9-7-11(14)10-6-8(13)4-5-12(10)15-9/h4-7H,2-3H2,1H3. The highest BCUT2D eigenvalue weighted by atomic mass is 79.9. The van der Waals surface area contributed by atoms with E-state index in [0.29, 0.717) is 0 Å². The number of fused-ring (bicyclic) bond motifs is 1. The van der Waals surface area contributed by atoms with Crippen LogP contribution < -0.4 is 0 Å². The molecule has 78 valence electrons. The monoisotopic (exact) mass is 327 g/mol. The third-order valence-corrected chi connectivity index (χ3v) is 3.43. The van der Waals surface area contributed by atoms with Gasteiger partial charge >= 0.3 is 0 Å². The molecule has 0 fully saturated rings. The quantitative estimate of drug-likeness (QED) is 0.777. The van der Waals surface area contributed by atoms with Crippen LogP contribution in [0.4, 0.5) is 0 Å². The minimum Gasteiger partial charge on any atom is -0.253 e. The molecule has 0 amide bonds. The fourth-order valence-corrected chi connectivity index (χ4v) is 2.54. The van der Waals surface area contributed by atoms with Gasteiger partial charge in [0.25, 0.3) is 0 Å². The van der Waals surface area contributed by atoms with Crippen molar-refractivity contribution in [1.82, 2.24) is 4.98 Å². The zero-order valence-corrected chi connectivity index (χ0v) is 11.6. The SMILES string of the molecule is CCCc1cc(Br)c2cc(Br)ccc2n1. The zero-order chi connectivity index (χ0) is 10.8. The first kappa shape index (κ1) is 11.1. The van der Waals surface area contributed by atoms with Crippen LogP contribution in [0.3, 0.4) is 0 Å². The Morgan fingerprint density at radius 1 is 1.20 bits per heavy atom. The lowest BCUT2D eigenvalue weighted by atomic mass is 10.1. The Morgan fingerprint density at radius 2 is 2.00 bits per heavy atom. The highest BCUT2D eigenvalue weighted by Crippen LogP contribution is 2.26. The van der Waals surface area contributed by atoms with Gasteiger partial charge in [-0.1, -0.05) is 45.2 Å². The summed E-state index contributed by atoms with van der Waals surface area (Å²) in [6.45, 7) is 2.17. The number of nitrogens with zero attached hydrogens (tertiary/aromatic N) is 1. The maximum Gasteiger partial charge on any atom is 0.0717 e. The van der Waals surface area contributed by atoms with Crippen molar-refractivity contribution in [2.24, 2.45) is 0 Å². The predicted molar refractivity (Wildman–Crippen MR) is 71.1 cm³/mol. The first-order valence-corrected chi connectivity index (χ1v) is 6.54. The molecule has 15 heavy (non-hydrogen) atoms. The number of benzene rings is 1. The van der Waals surface area contributed by atoms with Crippen molar-refractivity contribution in [1.29, 1.82) is 0 Å². The van der Waals surface area contributed by atoms with Crippen LogP contribution in [0, 0.1) is 0 Å². The van der Waals surface area contributed by atoms with Gasteiger partial charge in [-0.15, -0.1) is 0 Å². The third-order valence-electron chi connectivity index (χ3n) is 2.28. The summed E-state index contributed by atoms with van der Waals surface area (Å²) in [5.41, 5.74) is 2.20. The van der Waals surface area contributed by atoms with Crippen molar-refractivity contribution in [2.75, 3.05) is 0 Å². The molecule has 2 rings (SSSR count). The van der Waals surface area contributed by atoms with Gasteiger partial charge in [-0.3, -0.25) is 4.98 Å². The van der Waals surface area contributed by atoms with Gasteiger partial charge < -0.3 is 0 Å². The molecule has 0 aliphatic carbocycles. The number of hydrogen-bond acceptors (Lipinski definition) is 1. The first-order valence-electron chi connectivity index (χ1n) is 4.95. The molecule has 0 unspecified atom stereocenters. The molecule has 0 bridgehead atoms. The predicted octanol–water partition coefficient (Wildman–Crippen LogP) is 4.71. The molecule has 0 saturated heterocycles. The van der Waals surface area contributed by atoms with Gasteiger partial charge in [-0.05, 0) is 30.7 Å². The molecular formula is C12H11Br2N. The maximum absolute atomic E-state index is 4.62. The summed E-state index contributed by atoms with van der Waals surface area (Å²) in [6.07, 6.45) is 2.16. The van der Waals surface area contributed by atoms with E-state index < -0.39 is 0 Å². The Morgan fingerprint density at radius 3 is 2.73 bits per heavy atom. The lowest BCUT2D eigenvalue weighted by Crippen LogP contribution is -1.90. The van der Waals surface area contributed by atoms with Crippen LogP contribution in [0.5, 0.6) is 0 Å². The minimum atomic E-state index is 1.03. The molecule has 0 aliphatic rings. The van der Waals surface area contributed by atoms with Crippen LogP contribution in [0.15, 0.2) is 33.2 Å². The molecule has 0 aliphatic heterocycles. The summed E-state index contributed by atoms with van der Waals surface area (Å²) in [7, 11) is 0. The van der Waals surface area contributed by atoms with Crippen molar-refractivity contribution in [3.8, 4) is 0 Å². The van der Waals surface area contributed by atoms with Crippen molar-refractivity contribution in [3.63, 3.8) is 0 Å². The second kappa shape index (κ2) is 4.62. The Hall–Kier alpha value is -0.410. The van der Waals surface area contributed by atoms with Crippen LogP contribution in [0.1, 0.15) is 19.0 Å². The Kier molecular flexibility index (Phi) is 3.42. The highest BCUT2D eigenvalue weighted by molar-refractivity contribution is 9.11. The molecule has 1 aromatic heterocycles. The van der Waals surface area contributed by atoms with E-state index >= 15 is 0 Å². The van der Waals surface area contributed by atoms with Crippen LogP contribution in [-0.4, -0.2) is 4.98 Å². The summed E-state index contributed by atoms with van der Waals surface area (Å²) in [5, 5.41) is 1.16. The molecule has 0 spiro atoms. The van der Waals surface area contributed by atoms with Gasteiger partial charge in [-0.2, -0.15) is 0 Å². The number of aromatic nitrogens is 1. The molecule has 0 radical (unpaired) electrons. The van der Waals surface area contributed by atoms with Crippen LogP contribution in [0.25, 0.3) is 10.9 Å². The minimum absolute atomic E-state index is 1.03. The fourth-order valence-electron chi connectivity index (χ4n) is 1.59. The van der Waals surface area contributed by atoms with Gasteiger partial charge in [0.05, 0.1) is 5.52 Å². The van der Waals surface area contributed by atoms with Gasteiger partial charge in [0, 0.05) is 20.0 Å². The summed E-state index contributed by atoms with van der Waals surface area (Å²) >= 11 is 7.06. The summed E-state index contributed by atoms with van der Waals surface area (Å²) in [4.78, 5) is 4.62. The van der Waals surface area contributed by atoms with E-state index in [1.165, 1.54) is 0 Å². The molecule has 0 saturated carbocycles. The number of pyridine rings is 1. The smallest absolute Gasteiger partial charge is 0.0717 e. The van der Waals surface area contributed by atoms with E-state index in [0.717, 1.165) is 38.4 Å². The Balaban J connectivity index is 2.62. The molecule has 1 nitrogen and oxygen atoms in total. The average molecular weight is 329 g/mol. The summed E-state index contributed by atoms with van der Waals surface area (Å²) < 4.78 is 2.21. The number of halogens is 2. The van der Waals surface area contributed by atoms with E-state index in [1.807, 2.05) is 12.1 Å². The maximum atomic E-state index is 4.62. The largest absolute Gasteiger partial charge is 0.253 e. The second-order valence-electron chi connectivity index (χ2n) is 3.51. The van der Waals surface area contributed by atoms with Crippen LogP contribution >= 0.6 is 31.9 Å². The molecule has 2 aromatic rings. The third kappa shape index (κ3) is 2.40. The van der Waals surface area contributed by atoms with Gasteiger partial charge in [0.15, 0.2) is 0 Å². The molecule has 3 heteroatoms. The van der Waals surface area contributed by atoms with Crippen molar-refractivity contribution < 1.29 is 0 Å². The lowest BCUT2D eigenvalue weighted by Gasteiger charge is -2.04. The van der Waals surface area contributed by atoms with E-state index in [-0.39, 0.29) is 0 Å². The van der Waals surface area contributed by atoms with Crippen LogP contribution in [-0.2, 0) is 6.42 Å². The summed E-state index contributed by atoms with van der Waals surface area (Å²) in [6, 6.07) is 8.27. The lowest BCUT2D eigenvalue weighted by molar-refractivity contribution is 0.889. The topological polar surface area (TPSA) is 12.9 Å². The average Bonchev–Trinajstić information content (AvgIpc) is 2.20. The molecule has 0 atom stereocenters. The molecule has 0 N–H and O–H groups in total. The molecular weight excluding hydrogens is 318 g/mol. The Labute approximate surface area is 106 Å². The number of hydrogen-bond donors (Lipinski definition) is 0. The number of aryl methyl sites for hydroxylation is 1. The van der Waals surface area contributed by atoms with E-state index in [2.05, 4.69) is 55.9 Å². The first-order chi connectivity index (χ1) is 7.20. The highest BCUT2D eigenvalue weighted by Gasteiger charge is 2.03. The van der Waals surface area contributed by atoms with Crippen molar-refractivity contribution in [3.05, 3.63) is 38.9 Å². The van der Waals surface area contributed by atoms with Gasteiger partial charge in [0.2, 0.25) is 0 Å². The van der Waals surface area contributed by atoms with E-state index in [1.54, 1.807) is 0 Å². The molecule has 1 aromatic carbocycles. The fraction of sp³-hybridized carbons (Fsp3) is 0.250.